The van der Waals surface area contributed by atoms with Gasteiger partial charge >= 0.3 is 0 Å². The molecule has 0 saturated carbocycles. The van der Waals surface area contributed by atoms with Crippen LogP contribution in [0.25, 0.3) is 0 Å². The fourth-order valence-corrected chi connectivity index (χ4v) is 1.21. The van der Waals surface area contributed by atoms with E-state index in [0.29, 0.717) is 18.8 Å². The molecule has 0 aliphatic carbocycles. The second-order valence-electron chi connectivity index (χ2n) is 3.34. The summed E-state index contributed by atoms with van der Waals surface area (Å²) in [6, 6.07) is 1.82. The van der Waals surface area contributed by atoms with Crippen molar-refractivity contribution < 1.29 is 9.84 Å². The number of nitrogens with zero attached hydrogens (tertiary/aromatic N) is 1. The van der Waals surface area contributed by atoms with E-state index < -0.39 is 6.10 Å². The van der Waals surface area contributed by atoms with Crippen LogP contribution in [0, 0.1) is 0 Å². The Balaban J connectivity index is 2.68. The van der Waals surface area contributed by atoms with E-state index in [0.717, 1.165) is 12.0 Å². The molecule has 1 aromatic heterocycles. The van der Waals surface area contributed by atoms with Gasteiger partial charge in [0.1, 0.15) is 5.75 Å². The second-order valence-corrected chi connectivity index (χ2v) is 3.34. The molecule has 15 heavy (non-hydrogen) atoms. The minimum atomic E-state index is -0.542. The van der Waals surface area contributed by atoms with E-state index >= 15 is 0 Å². The van der Waals surface area contributed by atoms with Crippen LogP contribution in [0.1, 0.15) is 31.4 Å². The van der Waals surface area contributed by atoms with Crippen molar-refractivity contribution in [3.8, 4) is 5.75 Å². The van der Waals surface area contributed by atoms with Crippen molar-refractivity contribution in [2.45, 2.75) is 25.9 Å². The summed E-state index contributed by atoms with van der Waals surface area (Å²) in [6.07, 6.45) is 5.93. The summed E-state index contributed by atoms with van der Waals surface area (Å²) in [7, 11) is 0. The zero-order valence-corrected chi connectivity index (χ0v) is 9.02. The van der Waals surface area contributed by atoms with Crippen LogP contribution in [0.15, 0.2) is 31.1 Å². The van der Waals surface area contributed by atoms with Gasteiger partial charge in [0.2, 0.25) is 0 Å². The number of hydrogen-bond acceptors (Lipinski definition) is 3. The Morgan fingerprint density at radius 1 is 1.60 bits per heavy atom. The van der Waals surface area contributed by atoms with E-state index in [4.69, 9.17) is 4.74 Å². The van der Waals surface area contributed by atoms with Gasteiger partial charge in [0, 0.05) is 11.8 Å². The third-order valence-electron chi connectivity index (χ3n) is 1.98. The van der Waals surface area contributed by atoms with Gasteiger partial charge < -0.3 is 9.84 Å². The Kier molecular flexibility index (Phi) is 4.84. The van der Waals surface area contributed by atoms with Crippen molar-refractivity contribution in [1.29, 1.82) is 0 Å². The lowest BCUT2D eigenvalue weighted by Gasteiger charge is -2.10. The fourth-order valence-electron chi connectivity index (χ4n) is 1.21. The zero-order valence-electron chi connectivity index (χ0n) is 9.02. The zero-order chi connectivity index (χ0) is 11.1. The molecule has 0 aliphatic heterocycles. The lowest BCUT2D eigenvalue weighted by molar-refractivity contribution is 0.180. The van der Waals surface area contributed by atoms with Crippen molar-refractivity contribution in [2.24, 2.45) is 0 Å². The summed E-state index contributed by atoms with van der Waals surface area (Å²) in [5.74, 6) is 0.706. The van der Waals surface area contributed by atoms with Gasteiger partial charge in [-0.25, -0.2) is 0 Å². The normalized spacial score (nSPS) is 12.1. The van der Waals surface area contributed by atoms with Crippen LogP contribution < -0.4 is 4.74 Å². The molecule has 82 valence electrons. The van der Waals surface area contributed by atoms with Crippen LogP contribution in [0.3, 0.4) is 0 Å². The lowest BCUT2D eigenvalue weighted by Crippen LogP contribution is -2.00. The number of aliphatic hydroxyl groups is 1. The van der Waals surface area contributed by atoms with E-state index in [2.05, 4.69) is 11.6 Å². The minimum Gasteiger partial charge on any atom is -0.492 e. The summed E-state index contributed by atoms with van der Waals surface area (Å²) in [4.78, 5) is 4.02. The smallest absolute Gasteiger partial charge is 0.137 e. The molecule has 0 fully saturated rings. The molecular weight excluding hydrogens is 190 g/mol. The molecule has 1 aromatic rings. The van der Waals surface area contributed by atoms with Crippen LogP contribution in [-0.2, 0) is 0 Å². The number of pyridine rings is 1. The largest absolute Gasteiger partial charge is 0.492 e. The van der Waals surface area contributed by atoms with Gasteiger partial charge in [-0.2, -0.15) is 0 Å². The standard InChI is InChI=1S/C12H17NO2/c1-3-5-12(14)10-7-11(9-13-8-10)15-6-4-2/h3,7-9,12,14H,1,4-6H2,2H3. The summed E-state index contributed by atoms with van der Waals surface area (Å²) >= 11 is 0. The molecule has 3 nitrogen and oxygen atoms in total. The minimum absolute atomic E-state index is 0.527. The van der Waals surface area contributed by atoms with Crippen molar-refractivity contribution in [2.75, 3.05) is 6.61 Å². The molecule has 3 heteroatoms. The molecule has 0 radical (unpaired) electrons. The Hall–Kier alpha value is -1.35. The number of aliphatic hydroxyl groups excluding tert-OH is 1. The van der Waals surface area contributed by atoms with Gasteiger partial charge in [-0.3, -0.25) is 4.98 Å². The maximum atomic E-state index is 9.70. The molecule has 1 N–H and O–H groups in total. The topological polar surface area (TPSA) is 42.4 Å². The van der Waals surface area contributed by atoms with Crippen LogP contribution in [0.5, 0.6) is 5.75 Å². The summed E-state index contributed by atoms with van der Waals surface area (Å²) in [5, 5.41) is 9.70. The second kappa shape index (κ2) is 6.19. The van der Waals surface area contributed by atoms with Gasteiger partial charge in [-0.15, -0.1) is 6.58 Å². The molecular formula is C12H17NO2. The first-order valence-electron chi connectivity index (χ1n) is 5.14. The summed E-state index contributed by atoms with van der Waals surface area (Å²) in [5.41, 5.74) is 0.767. The fraction of sp³-hybridized carbons (Fsp3) is 0.417. The van der Waals surface area contributed by atoms with E-state index in [-0.39, 0.29) is 0 Å². The van der Waals surface area contributed by atoms with Crippen LogP contribution in [0.2, 0.25) is 0 Å². The number of hydrogen-bond donors (Lipinski definition) is 1. The molecule has 0 aliphatic rings. The van der Waals surface area contributed by atoms with Gasteiger partial charge in [-0.1, -0.05) is 13.0 Å². The van der Waals surface area contributed by atoms with E-state index in [9.17, 15) is 5.11 Å². The molecule has 1 heterocycles. The summed E-state index contributed by atoms with van der Waals surface area (Å²) < 4.78 is 5.42. The van der Waals surface area contributed by atoms with Gasteiger partial charge in [0.25, 0.3) is 0 Å². The predicted molar refractivity (Wildman–Crippen MR) is 59.8 cm³/mol. The highest BCUT2D eigenvalue weighted by atomic mass is 16.5. The predicted octanol–water partition coefficient (Wildman–Crippen LogP) is 2.48. The van der Waals surface area contributed by atoms with Crippen LogP contribution in [0.4, 0.5) is 0 Å². The molecule has 0 spiro atoms. The average molecular weight is 207 g/mol. The van der Waals surface area contributed by atoms with Crippen molar-refractivity contribution in [3.63, 3.8) is 0 Å². The average Bonchev–Trinajstić information content (AvgIpc) is 2.27. The SMILES string of the molecule is C=CCC(O)c1cncc(OCCC)c1. The summed E-state index contributed by atoms with van der Waals surface area (Å²) in [6.45, 7) is 6.30. The molecule has 1 rings (SSSR count). The van der Waals surface area contributed by atoms with Crippen molar-refractivity contribution in [3.05, 3.63) is 36.7 Å². The molecule has 0 bridgehead atoms. The van der Waals surface area contributed by atoms with E-state index in [1.807, 2.05) is 13.0 Å². The third kappa shape index (κ3) is 3.72. The third-order valence-corrected chi connectivity index (χ3v) is 1.98. The first kappa shape index (κ1) is 11.7. The highest BCUT2D eigenvalue weighted by molar-refractivity contribution is 5.25. The van der Waals surface area contributed by atoms with Crippen LogP contribution >= 0.6 is 0 Å². The quantitative estimate of drug-likeness (QED) is 0.729. The molecule has 1 unspecified atom stereocenters. The lowest BCUT2D eigenvalue weighted by atomic mass is 10.1. The Bertz CT molecular complexity index is 312. The molecule has 1 atom stereocenters. The molecule has 0 amide bonds. The van der Waals surface area contributed by atoms with E-state index in [1.54, 1.807) is 18.5 Å². The van der Waals surface area contributed by atoms with Crippen molar-refractivity contribution >= 4 is 0 Å². The first-order valence-corrected chi connectivity index (χ1v) is 5.14. The molecule has 0 aromatic carbocycles. The maximum absolute atomic E-state index is 9.70. The monoisotopic (exact) mass is 207 g/mol. The first-order chi connectivity index (χ1) is 7.27. The highest BCUT2D eigenvalue weighted by Gasteiger charge is 2.06. The van der Waals surface area contributed by atoms with Crippen molar-refractivity contribution in [1.82, 2.24) is 4.98 Å². The van der Waals surface area contributed by atoms with Crippen LogP contribution in [-0.4, -0.2) is 16.7 Å². The number of rotatable bonds is 6. The maximum Gasteiger partial charge on any atom is 0.137 e. The Morgan fingerprint density at radius 2 is 2.40 bits per heavy atom. The van der Waals surface area contributed by atoms with E-state index in [1.165, 1.54) is 0 Å². The van der Waals surface area contributed by atoms with Gasteiger partial charge in [0.15, 0.2) is 0 Å². The van der Waals surface area contributed by atoms with Gasteiger partial charge in [0.05, 0.1) is 18.9 Å². The number of aromatic nitrogens is 1. The molecule has 0 saturated heterocycles. The Morgan fingerprint density at radius 3 is 3.07 bits per heavy atom. The van der Waals surface area contributed by atoms with Gasteiger partial charge in [-0.05, 0) is 18.9 Å². The highest BCUT2D eigenvalue weighted by Crippen LogP contribution is 2.20. The Labute approximate surface area is 90.4 Å². The number of ether oxygens (including phenoxy) is 1.